The third-order valence-corrected chi connectivity index (χ3v) is 3.56. The Morgan fingerprint density at radius 3 is 2.47 bits per heavy atom. The normalized spacial score (nSPS) is 24.6. The molecular formula is C12H23N3O2. The van der Waals surface area contributed by atoms with Crippen LogP contribution in [0.15, 0.2) is 0 Å². The highest BCUT2D eigenvalue weighted by Crippen LogP contribution is 2.26. The Morgan fingerprint density at radius 2 is 2.00 bits per heavy atom. The first-order chi connectivity index (χ1) is 7.83. The molecule has 5 heteroatoms. The first kappa shape index (κ1) is 14.0. The summed E-state index contributed by atoms with van der Waals surface area (Å²) in [5.74, 6) is -0.163. The molecule has 0 spiro atoms. The lowest BCUT2D eigenvalue weighted by molar-refractivity contribution is -0.127. The van der Waals surface area contributed by atoms with Crippen LogP contribution in [0.2, 0.25) is 0 Å². The summed E-state index contributed by atoms with van der Waals surface area (Å²) in [6.07, 6.45) is 3.58. The second-order valence-electron chi connectivity index (χ2n) is 5.58. The fraction of sp³-hybridized carbons (Fsp3) is 0.833. The molecule has 0 bridgehead atoms. The van der Waals surface area contributed by atoms with Crippen LogP contribution in [-0.4, -0.2) is 24.4 Å². The number of nitrogens with one attached hydrogen (secondary N) is 1. The summed E-state index contributed by atoms with van der Waals surface area (Å²) in [7, 11) is 0. The Kier molecular flexibility index (Phi) is 4.51. The molecule has 5 nitrogen and oxygen atoms in total. The minimum absolute atomic E-state index is 0.0401. The molecule has 0 aromatic carbocycles. The van der Waals surface area contributed by atoms with Crippen LogP contribution in [0.4, 0.5) is 0 Å². The van der Waals surface area contributed by atoms with Crippen molar-refractivity contribution in [1.82, 2.24) is 5.32 Å². The van der Waals surface area contributed by atoms with Gasteiger partial charge in [0.25, 0.3) is 0 Å². The summed E-state index contributed by atoms with van der Waals surface area (Å²) in [4.78, 5) is 22.8. The van der Waals surface area contributed by atoms with Crippen molar-refractivity contribution in [3.05, 3.63) is 0 Å². The lowest BCUT2D eigenvalue weighted by Crippen LogP contribution is -2.43. The van der Waals surface area contributed by atoms with Gasteiger partial charge in [0.1, 0.15) is 0 Å². The second-order valence-corrected chi connectivity index (χ2v) is 5.58. The topological polar surface area (TPSA) is 98.2 Å². The third kappa shape index (κ3) is 4.00. The molecule has 1 saturated carbocycles. The molecule has 0 saturated heterocycles. The summed E-state index contributed by atoms with van der Waals surface area (Å²) in [6.45, 7) is 3.72. The first-order valence-corrected chi connectivity index (χ1v) is 6.15. The van der Waals surface area contributed by atoms with Gasteiger partial charge in [-0.3, -0.25) is 9.59 Å². The highest BCUT2D eigenvalue weighted by atomic mass is 16.2. The minimum atomic E-state index is -0.701. The maximum absolute atomic E-state index is 11.7. The Labute approximate surface area is 102 Å². The van der Waals surface area contributed by atoms with Crippen LogP contribution in [0, 0.1) is 11.3 Å². The van der Waals surface area contributed by atoms with Crippen LogP contribution in [0.3, 0.4) is 0 Å². The summed E-state index contributed by atoms with van der Waals surface area (Å²) < 4.78 is 0. The van der Waals surface area contributed by atoms with Gasteiger partial charge in [0.15, 0.2) is 0 Å². The molecule has 0 aromatic heterocycles. The van der Waals surface area contributed by atoms with E-state index in [4.69, 9.17) is 11.5 Å². The standard InChI is InChI=1S/C12H23N3O2/c1-12(2,11(14)17)7-15-10(16)6-8-4-3-5-9(8)13/h8-9H,3-7,13H2,1-2H3,(H2,14,17)(H,15,16)/t8-,9+/m0/s1. The van der Waals surface area contributed by atoms with Gasteiger partial charge in [-0.25, -0.2) is 0 Å². The number of hydrogen-bond acceptors (Lipinski definition) is 3. The summed E-state index contributed by atoms with van der Waals surface area (Å²) in [5, 5.41) is 2.76. The van der Waals surface area contributed by atoms with Crippen LogP contribution in [0.25, 0.3) is 0 Å². The van der Waals surface area contributed by atoms with Crippen molar-refractivity contribution in [3.63, 3.8) is 0 Å². The van der Waals surface area contributed by atoms with E-state index in [2.05, 4.69) is 5.32 Å². The smallest absolute Gasteiger partial charge is 0.224 e. The maximum Gasteiger partial charge on any atom is 0.224 e. The largest absolute Gasteiger partial charge is 0.369 e. The summed E-state index contributed by atoms with van der Waals surface area (Å²) in [6, 6.07) is 0.143. The van der Waals surface area contributed by atoms with Crippen molar-refractivity contribution in [2.75, 3.05) is 6.54 Å². The van der Waals surface area contributed by atoms with Gasteiger partial charge in [-0.2, -0.15) is 0 Å². The van der Waals surface area contributed by atoms with Crippen molar-refractivity contribution in [2.24, 2.45) is 22.8 Å². The van der Waals surface area contributed by atoms with E-state index in [0.29, 0.717) is 6.42 Å². The zero-order chi connectivity index (χ0) is 13.1. The summed E-state index contributed by atoms with van der Waals surface area (Å²) in [5.41, 5.74) is 10.4. The quantitative estimate of drug-likeness (QED) is 0.638. The molecule has 1 aliphatic carbocycles. The van der Waals surface area contributed by atoms with E-state index in [1.165, 1.54) is 0 Å². The van der Waals surface area contributed by atoms with E-state index in [-0.39, 0.29) is 24.4 Å². The van der Waals surface area contributed by atoms with E-state index in [9.17, 15) is 9.59 Å². The van der Waals surface area contributed by atoms with Crippen molar-refractivity contribution in [2.45, 2.75) is 45.6 Å². The molecule has 0 heterocycles. The predicted octanol–water partition coefficient (Wildman–Crippen LogP) is 0.132. The van der Waals surface area contributed by atoms with Gasteiger partial charge in [-0.15, -0.1) is 0 Å². The van der Waals surface area contributed by atoms with Gasteiger partial charge < -0.3 is 16.8 Å². The molecule has 1 rings (SSSR count). The number of hydrogen-bond donors (Lipinski definition) is 3. The van der Waals surface area contributed by atoms with Gasteiger partial charge in [0.2, 0.25) is 11.8 Å². The SMILES string of the molecule is CC(C)(CNC(=O)C[C@@H]1CCC[C@H]1N)C(N)=O. The van der Waals surface area contributed by atoms with Crippen molar-refractivity contribution < 1.29 is 9.59 Å². The van der Waals surface area contributed by atoms with Crippen LogP contribution in [0.5, 0.6) is 0 Å². The second kappa shape index (κ2) is 5.49. The van der Waals surface area contributed by atoms with Gasteiger partial charge in [0.05, 0.1) is 5.41 Å². The molecule has 0 aliphatic heterocycles. The zero-order valence-corrected chi connectivity index (χ0v) is 10.7. The van der Waals surface area contributed by atoms with Gasteiger partial charge in [-0.1, -0.05) is 6.42 Å². The number of rotatable bonds is 5. The highest BCUT2D eigenvalue weighted by Gasteiger charge is 2.28. The molecule has 1 fully saturated rings. The van der Waals surface area contributed by atoms with E-state index in [1.54, 1.807) is 13.8 Å². The first-order valence-electron chi connectivity index (χ1n) is 6.15. The van der Waals surface area contributed by atoms with E-state index in [0.717, 1.165) is 19.3 Å². The molecule has 17 heavy (non-hydrogen) atoms. The molecule has 0 radical (unpaired) electrons. The van der Waals surface area contributed by atoms with Crippen molar-refractivity contribution >= 4 is 11.8 Å². The minimum Gasteiger partial charge on any atom is -0.369 e. The molecule has 5 N–H and O–H groups in total. The van der Waals surface area contributed by atoms with Crippen LogP contribution in [0.1, 0.15) is 39.5 Å². The van der Waals surface area contributed by atoms with Crippen LogP contribution >= 0.6 is 0 Å². The van der Waals surface area contributed by atoms with Gasteiger partial charge in [-0.05, 0) is 32.6 Å². The number of carbonyl (C=O) groups excluding carboxylic acids is 2. The van der Waals surface area contributed by atoms with Gasteiger partial charge >= 0.3 is 0 Å². The molecule has 0 aromatic rings. The molecule has 2 amide bonds. The van der Waals surface area contributed by atoms with Crippen LogP contribution < -0.4 is 16.8 Å². The number of amides is 2. The van der Waals surface area contributed by atoms with E-state index in [1.807, 2.05) is 0 Å². The Morgan fingerprint density at radius 1 is 1.35 bits per heavy atom. The Bertz CT molecular complexity index is 302. The van der Waals surface area contributed by atoms with E-state index >= 15 is 0 Å². The monoisotopic (exact) mass is 241 g/mol. The fourth-order valence-corrected chi connectivity index (χ4v) is 2.04. The lowest BCUT2D eigenvalue weighted by atomic mass is 9.92. The lowest BCUT2D eigenvalue weighted by Gasteiger charge is -2.22. The van der Waals surface area contributed by atoms with Crippen molar-refractivity contribution in [1.29, 1.82) is 0 Å². The fourth-order valence-electron chi connectivity index (χ4n) is 2.04. The number of primary amides is 1. The van der Waals surface area contributed by atoms with E-state index < -0.39 is 11.3 Å². The highest BCUT2D eigenvalue weighted by molar-refractivity contribution is 5.82. The molecule has 1 aliphatic rings. The Hall–Kier alpha value is -1.10. The average molecular weight is 241 g/mol. The number of carbonyl (C=O) groups is 2. The third-order valence-electron chi connectivity index (χ3n) is 3.56. The van der Waals surface area contributed by atoms with Crippen LogP contribution in [-0.2, 0) is 9.59 Å². The van der Waals surface area contributed by atoms with Crippen molar-refractivity contribution in [3.8, 4) is 0 Å². The molecule has 0 unspecified atom stereocenters. The molecule has 98 valence electrons. The average Bonchev–Trinajstić information content (AvgIpc) is 2.61. The zero-order valence-electron chi connectivity index (χ0n) is 10.7. The maximum atomic E-state index is 11.7. The molecular weight excluding hydrogens is 218 g/mol. The van der Waals surface area contributed by atoms with Gasteiger partial charge in [0, 0.05) is 19.0 Å². The predicted molar refractivity (Wildman–Crippen MR) is 65.9 cm³/mol. The number of nitrogens with two attached hydrogens (primary N) is 2. The Balaban J connectivity index is 2.33. The molecule has 2 atom stereocenters. The summed E-state index contributed by atoms with van der Waals surface area (Å²) >= 11 is 0.